The fourth-order valence-electron chi connectivity index (χ4n) is 4.26. The van der Waals surface area contributed by atoms with E-state index in [1.807, 2.05) is 101 Å². The quantitative estimate of drug-likeness (QED) is 0.290. The number of aliphatic hydroxyl groups excluding tert-OH is 1. The minimum absolute atomic E-state index is 0.444. The lowest BCUT2D eigenvalue weighted by atomic mass is 9.90. The van der Waals surface area contributed by atoms with Gasteiger partial charge in [0, 0.05) is 24.8 Å². The molecule has 0 saturated carbocycles. The SMILES string of the molecule is CN(C)C.CO.COc1ccc(-c2ccc(/C(=C/[C@H](C=O)OC(C)(C)C)c3ccc4c(c3Cl)NCCO4)c(C=O)c2)cc1. The zero-order chi connectivity index (χ0) is 32.2. The van der Waals surface area contributed by atoms with Gasteiger partial charge in [-0.1, -0.05) is 35.9 Å². The van der Waals surface area contributed by atoms with E-state index in [-0.39, 0.29) is 0 Å². The highest BCUT2D eigenvalue weighted by Crippen LogP contribution is 2.42. The molecule has 232 valence electrons. The Kier molecular flexibility index (Phi) is 13.9. The number of aliphatic hydroxyl groups is 1. The predicted molar refractivity (Wildman–Crippen MR) is 175 cm³/mol. The topological polar surface area (TPSA) is 97.3 Å². The summed E-state index contributed by atoms with van der Waals surface area (Å²) in [4.78, 5) is 26.4. The Bertz CT molecular complexity index is 1380. The van der Waals surface area contributed by atoms with E-state index in [1.165, 1.54) is 0 Å². The third-order valence-corrected chi connectivity index (χ3v) is 6.29. The molecule has 43 heavy (non-hydrogen) atoms. The van der Waals surface area contributed by atoms with Crippen molar-refractivity contribution in [1.29, 1.82) is 0 Å². The Morgan fingerprint density at radius 2 is 1.60 bits per heavy atom. The average Bonchev–Trinajstić information content (AvgIpc) is 3.00. The minimum Gasteiger partial charge on any atom is -0.497 e. The van der Waals surface area contributed by atoms with Gasteiger partial charge in [0.2, 0.25) is 0 Å². The molecule has 1 heterocycles. The molecule has 0 radical (unpaired) electrons. The van der Waals surface area contributed by atoms with E-state index in [9.17, 15) is 9.59 Å². The number of hydrogen-bond acceptors (Lipinski definition) is 8. The van der Waals surface area contributed by atoms with E-state index in [0.29, 0.717) is 51.9 Å². The van der Waals surface area contributed by atoms with Crippen LogP contribution < -0.4 is 14.8 Å². The van der Waals surface area contributed by atoms with Crippen LogP contribution in [0, 0.1) is 0 Å². The summed E-state index contributed by atoms with van der Waals surface area (Å²) in [6.45, 7) is 6.80. The number of nitrogens with one attached hydrogen (secondary N) is 1. The number of carbonyl (C=O) groups excluding carboxylic acids is 2. The van der Waals surface area contributed by atoms with Crippen molar-refractivity contribution in [2.24, 2.45) is 0 Å². The zero-order valence-electron chi connectivity index (χ0n) is 26.2. The second kappa shape index (κ2) is 16.8. The molecule has 0 aliphatic carbocycles. The second-order valence-electron chi connectivity index (χ2n) is 11.0. The minimum atomic E-state index is -0.855. The van der Waals surface area contributed by atoms with E-state index in [0.717, 1.165) is 36.6 Å². The normalized spacial score (nSPS) is 13.1. The van der Waals surface area contributed by atoms with Crippen molar-refractivity contribution in [2.75, 3.05) is 53.8 Å². The maximum atomic E-state index is 12.3. The predicted octanol–water partition coefficient (Wildman–Crippen LogP) is 6.23. The van der Waals surface area contributed by atoms with Gasteiger partial charge in [-0.05, 0) is 101 Å². The number of fused-ring (bicyclic) bond motifs is 1. The lowest BCUT2D eigenvalue weighted by molar-refractivity contribution is -0.122. The summed E-state index contributed by atoms with van der Waals surface area (Å²) in [5.41, 5.74) is 4.29. The van der Waals surface area contributed by atoms with Gasteiger partial charge in [0.15, 0.2) is 12.6 Å². The molecule has 4 rings (SSSR count). The van der Waals surface area contributed by atoms with Gasteiger partial charge in [0.25, 0.3) is 0 Å². The van der Waals surface area contributed by atoms with Gasteiger partial charge in [-0.25, -0.2) is 0 Å². The molecule has 1 aliphatic rings. The molecule has 0 fully saturated rings. The third-order valence-electron chi connectivity index (χ3n) is 5.90. The number of hydrogen-bond donors (Lipinski definition) is 2. The van der Waals surface area contributed by atoms with Crippen LogP contribution in [0.25, 0.3) is 16.7 Å². The Labute approximate surface area is 260 Å². The van der Waals surface area contributed by atoms with E-state index < -0.39 is 11.7 Å². The van der Waals surface area contributed by atoms with Crippen LogP contribution in [0.15, 0.2) is 60.7 Å². The van der Waals surface area contributed by atoms with Crippen LogP contribution in [-0.4, -0.2) is 82.8 Å². The van der Waals surface area contributed by atoms with Crippen molar-refractivity contribution >= 4 is 35.4 Å². The van der Waals surface area contributed by atoms with Gasteiger partial charge in [-0.15, -0.1) is 0 Å². The number of aldehydes is 2. The summed E-state index contributed by atoms with van der Waals surface area (Å²) in [7, 11) is 8.62. The molecular weight excluding hydrogens is 568 g/mol. The van der Waals surface area contributed by atoms with E-state index >= 15 is 0 Å². The van der Waals surface area contributed by atoms with Crippen LogP contribution in [0.4, 0.5) is 5.69 Å². The third kappa shape index (κ3) is 10.2. The monoisotopic (exact) mass is 610 g/mol. The molecule has 3 aromatic rings. The highest BCUT2D eigenvalue weighted by atomic mass is 35.5. The number of carbonyl (C=O) groups is 2. The molecule has 0 amide bonds. The maximum absolute atomic E-state index is 12.3. The molecule has 1 aliphatic heterocycles. The van der Waals surface area contributed by atoms with Gasteiger partial charge >= 0.3 is 0 Å². The van der Waals surface area contributed by atoms with Crippen molar-refractivity contribution in [1.82, 2.24) is 4.90 Å². The first kappa shape index (κ1) is 35.5. The molecule has 3 aromatic carbocycles. The molecule has 0 unspecified atom stereocenters. The van der Waals surface area contributed by atoms with Crippen molar-refractivity contribution < 1.29 is 28.9 Å². The van der Waals surface area contributed by atoms with Crippen LogP contribution >= 0.6 is 11.6 Å². The van der Waals surface area contributed by atoms with Gasteiger partial charge in [0.1, 0.15) is 24.2 Å². The lowest BCUT2D eigenvalue weighted by Gasteiger charge is -2.25. The van der Waals surface area contributed by atoms with Crippen LogP contribution in [0.1, 0.15) is 42.3 Å². The van der Waals surface area contributed by atoms with Crippen LogP contribution in [0.5, 0.6) is 11.5 Å². The molecule has 8 nitrogen and oxygen atoms in total. The molecule has 0 saturated heterocycles. The van der Waals surface area contributed by atoms with Gasteiger partial charge in [-0.2, -0.15) is 0 Å². The maximum Gasteiger partial charge on any atom is 0.152 e. The molecular formula is C34H43ClN2O6. The average molecular weight is 611 g/mol. The number of ether oxygens (including phenoxy) is 3. The van der Waals surface area contributed by atoms with Crippen molar-refractivity contribution in [3.05, 3.63) is 82.4 Å². The molecule has 2 N–H and O–H groups in total. The molecule has 0 aromatic heterocycles. The number of halogens is 1. The van der Waals surface area contributed by atoms with Crippen molar-refractivity contribution in [3.63, 3.8) is 0 Å². The zero-order valence-corrected chi connectivity index (χ0v) is 27.0. The molecule has 1 atom stereocenters. The Morgan fingerprint density at radius 1 is 1.00 bits per heavy atom. The van der Waals surface area contributed by atoms with Gasteiger partial charge in [-0.3, -0.25) is 4.79 Å². The van der Waals surface area contributed by atoms with Crippen LogP contribution in [0.2, 0.25) is 5.02 Å². The number of rotatable bonds is 8. The number of methoxy groups -OCH3 is 1. The van der Waals surface area contributed by atoms with Crippen molar-refractivity contribution in [3.8, 4) is 22.6 Å². The Balaban J connectivity index is 0.000000993. The summed E-state index contributed by atoms with van der Waals surface area (Å²) in [6, 6.07) is 16.9. The van der Waals surface area contributed by atoms with Crippen LogP contribution in [0.3, 0.4) is 0 Å². The highest BCUT2D eigenvalue weighted by Gasteiger charge is 2.23. The van der Waals surface area contributed by atoms with E-state index in [1.54, 1.807) is 13.2 Å². The standard InChI is InChI=1S/C30H30ClNO5.C3H9N.CH4O/c1-30(2,3)37-23(18-34)16-26(25-11-12-27-29(28(25)31)32-13-14-36-27)24-10-7-20(15-21(24)17-33)19-5-8-22(35-4)9-6-19;1-4(2)3;1-2/h5-12,15-18,23,32H,13-14H2,1-4H3;1-3H3;2H,1H3/b26-16-;;/t23-;;/m1../s1. The summed E-state index contributed by atoms with van der Waals surface area (Å²) < 4.78 is 17.0. The van der Waals surface area contributed by atoms with Crippen LogP contribution in [-0.2, 0) is 9.53 Å². The summed E-state index contributed by atoms with van der Waals surface area (Å²) in [5, 5.41) is 10.7. The van der Waals surface area contributed by atoms with Gasteiger partial charge < -0.3 is 34.3 Å². The smallest absolute Gasteiger partial charge is 0.152 e. The summed E-state index contributed by atoms with van der Waals surface area (Å²) >= 11 is 6.87. The fourth-order valence-corrected chi connectivity index (χ4v) is 4.58. The summed E-state index contributed by atoms with van der Waals surface area (Å²) in [6.07, 6.45) is 2.41. The highest BCUT2D eigenvalue weighted by molar-refractivity contribution is 6.35. The Hall–Kier alpha value is -3.69. The number of benzene rings is 3. The first-order valence-corrected chi connectivity index (χ1v) is 14.2. The number of nitrogens with zero attached hydrogens (tertiary/aromatic N) is 1. The fraction of sp³-hybridized carbons (Fsp3) is 0.353. The Morgan fingerprint density at radius 3 is 2.16 bits per heavy atom. The first-order chi connectivity index (χ1) is 20.5. The second-order valence-corrected chi connectivity index (χ2v) is 11.4. The first-order valence-electron chi connectivity index (χ1n) is 13.8. The summed E-state index contributed by atoms with van der Waals surface area (Å²) in [5.74, 6) is 1.40. The van der Waals surface area contributed by atoms with Crippen molar-refractivity contribution in [2.45, 2.75) is 32.5 Å². The molecule has 0 spiro atoms. The number of anilines is 1. The van der Waals surface area contributed by atoms with E-state index in [4.69, 9.17) is 30.9 Å². The lowest BCUT2D eigenvalue weighted by Crippen LogP contribution is -2.27. The largest absolute Gasteiger partial charge is 0.497 e. The molecule has 0 bridgehead atoms. The van der Waals surface area contributed by atoms with E-state index in [2.05, 4.69) is 5.32 Å². The van der Waals surface area contributed by atoms with Gasteiger partial charge in [0.05, 0.1) is 23.4 Å². The molecule has 9 heteroatoms.